The van der Waals surface area contributed by atoms with E-state index in [1.165, 1.54) is 4.90 Å². The Morgan fingerprint density at radius 1 is 1.03 bits per heavy atom. The normalized spacial score (nSPS) is 21.3. The maximum atomic E-state index is 14.0. The largest absolute Gasteiger partial charge is 0.497 e. The van der Waals surface area contributed by atoms with Gasteiger partial charge in [0.15, 0.2) is 5.72 Å². The highest BCUT2D eigenvalue weighted by molar-refractivity contribution is 6.10. The highest BCUT2D eigenvalue weighted by Crippen LogP contribution is 2.49. The van der Waals surface area contributed by atoms with E-state index in [4.69, 9.17) is 9.47 Å². The van der Waals surface area contributed by atoms with Crippen molar-refractivity contribution in [2.24, 2.45) is 0 Å². The first kappa shape index (κ1) is 21.1. The van der Waals surface area contributed by atoms with Crippen LogP contribution in [-0.4, -0.2) is 29.7 Å². The van der Waals surface area contributed by atoms with Crippen molar-refractivity contribution >= 4 is 17.6 Å². The SMILES string of the molecule is COc1ccc(C(=O)N2C(=O)N(c3cc(C)cc(C)c3)[C@@]3(C)C[C@@H]2c2ccccc2O3)cc1. The molecule has 0 spiro atoms. The number of rotatable bonds is 3. The van der Waals surface area contributed by atoms with Crippen molar-refractivity contribution in [1.29, 1.82) is 0 Å². The monoisotopic (exact) mass is 442 g/mol. The number of ether oxygens (including phenoxy) is 2. The molecule has 3 aromatic rings. The van der Waals surface area contributed by atoms with Gasteiger partial charge in [-0.05, 0) is 74.4 Å². The summed E-state index contributed by atoms with van der Waals surface area (Å²) in [6.07, 6.45) is 0.463. The molecule has 0 N–H and O–H groups in total. The van der Waals surface area contributed by atoms with Crippen molar-refractivity contribution in [2.45, 2.75) is 39.0 Å². The summed E-state index contributed by atoms with van der Waals surface area (Å²) in [6, 6.07) is 19.6. The lowest BCUT2D eigenvalue weighted by Gasteiger charge is -2.53. The minimum absolute atomic E-state index is 0.346. The van der Waals surface area contributed by atoms with Gasteiger partial charge in [0.2, 0.25) is 0 Å². The summed E-state index contributed by atoms with van der Waals surface area (Å²) >= 11 is 0. The maximum Gasteiger partial charge on any atom is 0.335 e. The Labute approximate surface area is 193 Å². The summed E-state index contributed by atoms with van der Waals surface area (Å²) in [5, 5.41) is 0. The van der Waals surface area contributed by atoms with Gasteiger partial charge in [-0.2, -0.15) is 0 Å². The molecule has 6 nitrogen and oxygen atoms in total. The lowest BCUT2D eigenvalue weighted by molar-refractivity contribution is 0.00268. The molecule has 0 unspecified atom stereocenters. The van der Waals surface area contributed by atoms with Crippen LogP contribution >= 0.6 is 0 Å². The molecule has 5 rings (SSSR count). The third-order valence-electron chi connectivity index (χ3n) is 6.38. The molecule has 3 amide bonds. The van der Waals surface area contributed by atoms with Crippen LogP contribution in [-0.2, 0) is 0 Å². The number of carbonyl (C=O) groups is 2. The van der Waals surface area contributed by atoms with Crippen LogP contribution in [0.15, 0.2) is 66.7 Å². The average molecular weight is 443 g/mol. The molecule has 2 bridgehead atoms. The first-order valence-electron chi connectivity index (χ1n) is 11.0. The van der Waals surface area contributed by atoms with Gasteiger partial charge in [-0.25, -0.2) is 4.79 Å². The number of para-hydroxylation sites is 1. The fraction of sp³-hybridized carbons (Fsp3) is 0.259. The third kappa shape index (κ3) is 3.42. The van der Waals surface area contributed by atoms with E-state index < -0.39 is 17.8 Å². The number of nitrogens with zero attached hydrogens (tertiary/aromatic N) is 2. The van der Waals surface area contributed by atoms with Gasteiger partial charge >= 0.3 is 6.03 Å². The number of benzene rings is 3. The summed E-state index contributed by atoms with van der Waals surface area (Å²) in [6.45, 7) is 5.90. The standard InChI is InChI=1S/C27H26N2O4/c1-17-13-18(2)15-20(14-17)29-26(31)28(25(30)19-9-11-21(32-4)12-10-19)23-16-27(29,3)33-24-8-6-5-7-22(23)24/h5-15,23H,16H2,1-4H3/t23-,27-/m1/s1. The molecule has 0 radical (unpaired) electrons. The topological polar surface area (TPSA) is 59.1 Å². The minimum Gasteiger partial charge on any atom is -0.497 e. The molecule has 1 fully saturated rings. The van der Waals surface area contributed by atoms with Crippen molar-refractivity contribution in [3.8, 4) is 11.5 Å². The van der Waals surface area contributed by atoms with E-state index in [9.17, 15) is 9.59 Å². The van der Waals surface area contributed by atoms with E-state index in [1.807, 2.05) is 57.2 Å². The second-order valence-electron chi connectivity index (χ2n) is 8.90. The Hall–Kier alpha value is -3.80. The van der Waals surface area contributed by atoms with Gasteiger partial charge in [-0.3, -0.25) is 14.6 Å². The van der Waals surface area contributed by atoms with Gasteiger partial charge in [0, 0.05) is 23.2 Å². The van der Waals surface area contributed by atoms with E-state index in [1.54, 1.807) is 36.3 Å². The van der Waals surface area contributed by atoms with Crippen molar-refractivity contribution in [1.82, 2.24) is 4.90 Å². The van der Waals surface area contributed by atoms with Crippen LogP contribution in [0.5, 0.6) is 11.5 Å². The molecular formula is C27H26N2O4. The molecule has 2 heterocycles. The summed E-state index contributed by atoms with van der Waals surface area (Å²) < 4.78 is 11.6. The Morgan fingerprint density at radius 2 is 1.70 bits per heavy atom. The first-order valence-corrected chi connectivity index (χ1v) is 11.0. The molecular weight excluding hydrogens is 416 g/mol. The van der Waals surface area contributed by atoms with Crippen LogP contribution in [0.1, 0.15) is 46.4 Å². The predicted octanol–water partition coefficient (Wildman–Crippen LogP) is 5.63. The number of hydrogen-bond donors (Lipinski definition) is 0. The maximum absolute atomic E-state index is 14.0. The molecule has 2 aliphatic rings. The fourth-order valence-electron chi connectivity index (χ4n) is 4.97. The van der Waals surface area contributed by atoms with Crippen LogP contribution in [0.2, 0.25) is 0 Å². The zero-order chi connectivity index (χ0) is 23.3. The molecule has 2 atom stereocenters. The van der Waals surface area contributed by atoms with E-state index in [0.29, 0.717) is 29.2 Å². The Balaban J connectivity index is 1.66. The lowest BCUT2D eigenvalue weighted by atomic mass is 9.88. The quantitative estimate of drug-likeness (QED) is 0.527. The summed E-state index contributed by atoms with van der Waals surface area (Å²) in [4.78, 5) is 30.8. The number of amides is 3. The number of methoxy groups -OCH3 is 1. The molecule has 3 aromatic carbocycles. The highest BCUT2D eigenvalue weighted by atomic mass is 16.5. The van der Waals surface area contributed by atoms with Crippen molar-refractivity contribution in [3.63, 3.8) is 0 Å². The van der Waals surface area contributed by atoms with Gasteiger partial charge < -0.3 is 9.47 Å². The minimum atomic E-state index is -0.924. The summed E-state index contributed by atoms with van der Waals surface area (Å²) in [5.41, 5.74) is 3.13. The van der Waals surface area contributed by atoms with Gasteiger partial charge in [0.05, 0.1) is 13.2 Å². The van der Waals surface area contributed by atoms with Crippen molar-refractivity contribution in [3.05, 3.63) is 89.0 Å². The second kappa shape index (κ2) is 7.66. The van der Waals surface area contributed by atoms with E-state index in [-0.39, 0.29) is 5.91 Å². The average Bonchev–Trinajstić information content (AvgIpc) is 2.78. The molecule has 168 valence electrons. The number of fused-ring (bicyclic) bond motifs is 4. The van der Waals surface area contributed by atoms with Gasteiger partial charge in [-0.1, -0.05) is 24.3 Å². The van der Waals surface area contributed by atoms with E-state index in [2.05, 4.69) is 6.07 Å². The zero-order valence-electron chi connectivity index (χ0n) is 19.2. The van der Waals surface area contributed by atoms with Crippen LogP contribution < -0.4 is 14.4 Å². The van der Waals surface area contributed by atoms with Gasteiger partial charge in [0.1, 0.15) is 11.5 Å². The molecule has 6 heteroatoms. The lowest BCUT2D eigenvalue weighted by Crippen LogP contribution is -2.67. The first-order chi connectivity index (χ1) is 15.8. The number of hydrogen-bond acceptors (Lipinski definition) is 4. The molecule has 0 aliphatic carbocycles. The van der Waals surface area contributed by atoms with Crippen molar-refractivity contribution in [2.75, 3.05) is 12.0 Å². The third-order valence-corrected chi connectivity index (χ3v) is 6.38. The zero-order valence-corrected chi connectivity index (χ0v) is 19.2. The summed E-state index contributed by atoms with van der Waals surface area (Å²) in [5.74, 6) is 0.990. The van der Waals surface area contributed by atoms with E-state index >= 15 is 0 Å². The molecule has 0 aromatic heterocycles. The molecule has 0 saturated carbocycles. The highest BCUT2D eigenvalue weighted by Gasteiger charge is 2.55. The molecule has 33 heavy (non-hydrogen) atoms. The predicted molar refractivity (Wildman–Crippen MR) is 126 cm³/mol. The smallest absolute Gasteiger partial charge is 0.335 e. The van der Waals surface area contributed by atoms with Crippen LogP contribution in [0.25, 0.3) is 0 Å². The van der Waals surface area contributed by atoms with Gasteiger partial charge in [-0.15, -0.1) is 0 Å². The van der Waals surface area contributed by atoms with Crippen LogP contribution in [0, 0.1) is 13.8 Å². The Morgan fingerprint density at radius 3 is 2.36 bits per heavy atom. The van der Waals surface area contributed by atoms with E-state index in [0.717, 1.165) is 16.7 Å². The molecule has 2 aliphatic heterocycles. The Kier molecular flexibility index (Phi) is 4.89. The van der Waals surface area contributed by atoms with Crippen LogP contribution in [0.4, 0.5) is 10.5 Å². The second-order valence-corrected chi connectivity index (χ2v) is 8.90. The number of anilines is 1. The van der Waals surface area contributed by atoms with Crippen molar-refractivity contribution < 1.29 is 19.1 Å². The van der Waals surface area contributed by atoms with Crippen LogP contribution in [0.3, 0.4) is 0 Å². The number of urea groups is 1. The number of aryl methyl sites for hydroxylation is 2. The van der Waals surface area contributed by atoms with Gasteiger partial charge in [0.25, 0.3) is 5.91 Å². The number of carbonyl (C=O) groups excluding carboxylic acids is 2. The fourth-order valence-corrected chi connectivity index (χ4v) is 4.97. The molecule has 1 saturated heterocycles. The Bertz CT molecular complexity index is 1230. The summed E-state index contributed by atoms with van der Waals surface area (Å²) in [7, 11) is 1.58. The number of imide groups is 1.